The quantitative estimate of drug-likeness (QED) is 0.412. The third-order valence-corrected chi connectivity index (χ3v) is 3.55. The number of aliphatic hydroxyl groups is 1. The molecule has 0 amide bonds. The van der Waals surface area contributed by atoms with Crippen LogP contribution in [-0.2, 0) is 6.42 Å². The molecule has 0 aliphatic carbocycles. The highest BCUT2D eigenvalue weighted by atomic mass is 16.2. The Morgan fingerprint density at radius 3 is 2.48 bits per heavy atom. The number of hydrazine groups is 1. The predicted octanol–water partition coefficient (Wildman–Crippen LogP) is 2.23. The Balaban J connectivity index is 2.84. The summed E-state index contributed by atoms with van der Waals surface area (Å²) in [6.07, 6.45) is 3.60. The van der Waals surface area contributed by atoms with E-state index in [9.17, 15) is 0 Å². The van der Waals surface area contributed by atoms with Crippen LogP contribution in [0.4, 0.5) is 11.6 Å². The van der Waals surface area contributed by atoms with Crippen molar-refractivity contribution in [1.82, 2.24) is 9.97 Å². The number of nitrogens with one attached hydrogen (secondary N) is 2. The highest BCUT2D eigenvalue weighted by Crippen LogP contribution is 2.25. The van der Waals surface area contributed by atoms with Gasteiger partial charge in [-0.05, 0) is 31.6 Å². The van der Waals surface area contributed by atoms with Crippen molar-refractivity contribution in [2.24, 2.45) is 11.3 Å². The summed E-state index contributed by atoms with van der Waals surface area (Å²) in [5.74, 6) is 7.84. The second kappa shape index (κ2) is 8.14. The maximum absolute atomic E-state index is 8.96. The van der Waals surface area contributed by atoms with E-state index in [-0.39, 0.29) is 12.0 Å². The average molecular weight is 295 g/mol. The van der Waals surface area contributed by atoms with Gasteiger partial charge in [0.05, 0.1) is 0 Å². The smallest absolute Gasteiger partial charge is 0.148 e. The molecule has 21 heavy (non-hydrogen) atoms. The molecular weight excluding hydrogens is 266 g/mol. The van der Waals surface area contributed by atoms with Crippen molar-refractivity contribution >= 4 is 11.6 Å². The highest BCUT2D eigenvalue weighted by molar-refractivity contribution is 5.56. The molecule has 0 atom stereocenters. The van der Waals surface area contributed by atoms with Crippen LogP contribution in [0.25, 0.3) is 0 Å². The molecule has 5 N–H and O–H groups in total. The molecule has 0 aromatic carbocycles. The molecule has 0 aliphatic rings. The Labute approximate surface area is 127 Å². The minimum Gasteiger partial charge on any atom is -0.396 e. The van der Waals surface area contributed by atoms with Gasteiger partial charge in [-0.25, -0.2) is 15.8 Å². The van der Waals surface area contributed by atoms with E-state index in [4.69, 9.17) is 10.9 Å². The zero-order chi connectivity index (χ0) is 15.9. The van der Waals surface area contributed by atoms with E-state index in [1.54, 1.807) is 0 Å². The number of hydrogen-bond acceptors (Lipinski definition) is 6. The van der Waals surface area contributed by atoms with Gasteiger partial charge in [0.1, 0.15) is 17.5 Å². The van der Waals surface area contributed by atoms with Gasteiger partial charge in [0.2, 0.25) is 0 Å². The maximum atomic E-state index is 8.96. The summed E-state index contributed by atoms with van der Waals surface area (Å²) in [5.41, 5.74) is 3.67. The molecule has 0 unspecified atom stereocenters. The number of hydrogen-bond donors (Lipinski definition) is 4. The SMILES string of the molecule is CCCc1nc(NN)c(C)c(NCC(C)(C)CCCO)n1. The first-order valence-corrected chi connectivity index (χ1v) is 7.62. The lowest BCUT2D eigenvalue weighted by molar-refractivity contribution is 0.248. The third-order valence-electron chi connectivity index (χ3n) is 3.55. The zero-order valence-corrected chi connectivity index (χ0v) is 13.7. The zero-order valence-electron chi connectivity index (χ0n) is 13.7. The molecule has 120 valence electrons. The molecule has 1 aromatic heterocycles. The Morgan fingerprint density at radius 2 is 1.90 bits per heavy atom. The van der Waals surface area contributed by atoms with Crippen molar-refractivity contribution in [3.05, 3.63) is 11.4 Å². The average Bonchev–Trinajstić information content (AvgIpc) is 2.45. The lowest BCUT2D eigenvalue weighted by Gasteiger charge is -2.25. The monoisotopic (exact) mass is 295 g/mol. The molecule has 0 saturated heterocycles. The molecule has 6 heteroatoms. The van der Waals surface area contributed by atoms with Crippen LogP contribution in [-0.4, -0.2) is 28.2 Å². The number of anilines is 2. The minimum absolute atomic E-state index is 0.0986. The molecule has 0 saturated carbocycles. The Kier molecular flexibility index (Phi) is 6.84. The van der Waals surface area contributed by atoms with E-state index in [1.807, 2.05) is 6.92 Å². The van der Waals surface area contributed by atoms with Crippen molar-refractivity contribution in [2.45, 2.75) is 53.4 Å². The summed E-state index contributed by atoms with van der Waals surface area (Å²) in [6.45, 7) is 9.44. The predicted molar refractivity (Wildman–Crippen MR) is 87.2 cm³/mol. The van der Waals surface area contributed by atoms with Gasteiger partial charge in [-0.1, -0.05) is 20.8 Å². The van der Waals surface area contributed by atoms with E-state index in [0.29, 0.717) is 5.82 Å². The van der Waals surface area contributed by atoms with Crippen molar-refractivity contribution in [3.8, 4) is 0 Å². The van der Waals surface area contributed by atoms with Crippen LogP contribution in [0, 0.1) is 12.3 Å². The first-order valence-electron chi connectivity index (χ1n) is 7.62. The van der Waals surface area contributed by atoms with Gasteiger partial charge in [0.15, 0.2) is 0 Å². The van der Waals surface area contributed by atoms with E-state index in [0.717, 1.165) is 49.4 Å². The minimum atomic E-state index is 0.0986. The van der Waals surface area contributed by atoms with Crippen LogP contribution in [0.1, 0.15) is 51.4 Å². The van der Waals surface area contributed by atoms with Crippen molar-refractivity contribution in [2.75, 3.05) is 23.9 Å². The van der Waals surface area contributed by atoms with E-state index >= 15 is 0 Å². The number of nitrogen functional groups attached to an aromatic ring is 1. The second-order valence-corrected chi connectivity index (χ2v) is 6.20. The topological polar surface area (TPSA) is 96.1 Å². The number of aliphatic hydroxyl groups excluding tert-OH is 1. The summed E-state index contributed by atoms with van der Waals surface area (Å²) in [5, 5.41) is 12.4. The normalized spacial score (nSPS) is 11.5. The van der Waals surface area contributed by atoms with E-state index in [2.05, 4.69) is 41.5 Å². The number of aromatic nitrogens is 2. The molecule has 0 aliphatic heterocycles. The molecule has 0 radical (unpaired) electrons. The van der Waals surface area contributed by atoms with Crippen LogP contribution in [0.2, 0.25) is 0 Å². The van der Waals surface area contributed by atoms with Gasteiger partial charge in [-0.2, -0.15) is 0 Å². The number of rotatable bonds is 9. The van der Waals surface area contributed by atoms with Gasteiger partial charge >= 0.3 is 0 Å². The highest BCUT2D eigenvalue weighted by Gasteiger charge is 2.18. The summed E-state index contributed by atoms with van der Waals surface area (Å²) >= 11 is 0. The van der Waals surface area contributed by atoms with Crippen molar-refractivity contribution in [1.29, 1.82) is 0 Å². The number of aryl methyl sites for hydroxylation is 1. The summed E-state index contributed by atoms with van der Waals surface area (Å²) in [7, 11) is 0. The third kappa shape index (κ3) is 5.47. The van der Waals surface area contributed by atoms with Gasteiger partial charge < -0.3 is 15.8 Å². The molecule has 1 rings (SSSR count). The lowest BCUT2D eigenvalue weighted by atomic mass is 9.88. The van der Waals surface area contributed by atoms with E-state index < -0.39 is 0 Å². The molecule has 0 spiro atoms. The van der Waals surface area contributed by atoms with Crippen LogP contribution < -0.4 is 16.6 Å². The lowest BCUT2D eigenvalue weighted by Crippen LogP contribution is -2.25. The molecular formula is C15H29N5O. The van der Waals surface area contributed by atoms with Gasteiger partial charge in [-0.3, -0.25) is 0 Å². The first kappa shape index (κ1) is 17.7. The van der Waals surface area contributed by atoms with Crippen LogP contribution in [0.3, 0.4) is 0 Å². The Morgan fingerprint density at radius 1 is 1.24 bits per heavy atom. The van der Waals surface area contributed by atoms with Crippen LogP contribution in [0.15, 0.2) is 0 Å². The molecule has 1 aromatic rings. The number of nitrogens with zero attached hydrogens (tertiary/aromatic N) is 2. The molecule has 1 heterocycles. The number of nitrogens with two attached hydrogens (primary N) is 1. The van der Waals surface area contributed by atoms with Gasteiger partial charge in [0.25, 0.3) is 0 Å². The maximum Gasteiger partial charge on any atom is 0.148 e. The first-order chi connectivity index (χ1) is 9.93. The van der Waals surface area contributed by atoms with E-state index in [1.165, 1.54) is 0 Å². The molecule has 0 fully saturated rings. The summed E-state index contributed by atoms with van der Waals surface area (Å²) < 4.78 is 0. The summed E-state index contributed by atoms with van der Waals surface area (Å²) in [4.78, 5) is 9.00. The summed E-state index contributed by atoms with van der Waals surface area (Å²) in [6, 6.07) is 0. The van der Waals surface area contributed by atoms with Crippen molar-refractivity contribution in [3.63, 3.8) is 0 Å². The largest absolute Gasteiger partial charge is 0.396 e. The fraction of sp³-hybridized carbons (Fsp3) is 0.733. The van der Waals surface area contributed by atoms with Gasteiger partial charge in [0, 0.05) is 25.1 Å². The Hall–Kier alpha value is -1.40. The second-order valence-electron chi connectivity index (χ2n) is 6.20. The Bertz CT molecular complexity index is 448. The van der Waals surface area contributed by atoms with Crippen molar-refractivity contribution < 1.29 is 5.11 Å². The molecule has 0 bridgehead atoms. The van der Waals surface area contributed by atoms with Gasteiger partial charge in [-0.15, -0.1) is 0 Å². The fourth-order valence-electron chi connectivity index (χ4n) is 2.18. The van der Waals surface area contributed by atoms with Crippen LogP contribution in [0.5, 0.6) is 0 Å². The van der Waals surface area contributed by atoms with Crippen LogP contribution >= 0.6 is 0 Å². The molecule has 6 nitrogen and oxygen atoms in total. The standard InChI is InChI=1S/C15H29N5O/c1-5-7-12-18-13(11(2)14(19-12)20-16)17-10-15(3,4)8-6-9-21/h21H,5-10,16H2,1-4H3,(H2,17,18,19,20). The fourth-order valence-corrected chi connectivity index (χ4v) is 2.18.